The predicted octanol–water partition coefficient (Wildman–Crippen LogP) is 1.58. The van der Waals surface area contributed by atoms with Gasteiger partial charge in [-0.25, -0.2) is 4.98 Å². The quantitative estimate of drug-likeness (QED) is 0.532. The molecule has 1 amide bonds. The lowest BCUT2D eigenvalue weighted by molar-refractivity contribution is -0.113. The fourth-order valence-corrected chi connectivity index (χ4v) is 2.91. The van der Waals surface area contributed by atoms with Crippen LogP contribution in [-0.2, 0) is 4.79 Å². The molecule has 2 heterocycles. The van der Waals surface area contributed by atoms with Crippen LogP contribution in [0.4, 0.5) is 11.6 Å². The van der Waals surface area contributed by atoms with Crippen molar-refractivity contribution < 1.29 is 4.79 Å². The van der Waals surface area contributed by atoms with Gasteiger partial charge in [0.2, 0.25) is 11.9 Å². The minimum absolute atomic E-state index is 0.00291. The lowest BCUT2D eigenvalue weighted by atomic mass is 10.1. The minimum Gasteiger partial charge on any atom is -0.369 e. The molecule has 1 aromatic carbocycles. The summed E-state index contributed by atoms with van der Waals surface area (Å²) in [6.07, 6.45) is 0. The second-order valence-electron chi connectivity index (χ2n) is 5.35. The molecule has 0 spiro atoms. The van der Waals surface area contributed by atoms with E-state index < -0.39 is 5.56 Å². The summed E-state index contributed by atoms with van der Waals surface area (Å²) in [5, 5.41) is 3.29. The highest BCUT2D eigenvalue weighted by Gasteiger charge is 2.11. The molecule has 8 nitrogen and oxygen atoms in total. The molecule has 0 aliphatic carbocycles. The Hall–Kier alpha value is -2.81. The molecule has 0 saturated carbocycles. The number of carbonyl (C=O) groups is 1. The Kier molecular flexibility index (Phi) is 4.26. The number of imidazole rings is 1. The Morgan fingerprint density at radius 2 is 2.08 bits per heavy atom. The van der Waals surface area contributed by atoms with Crippen molar-refractivity contribution in [1.29, 1.82) is 0 Å². The molecule has 9 heteroatoms. The number of amides is 1. The number of rotatable bonds is 4. The van der Waals surface area contributed by atoms with Gasteiger partial charge in [-0.3, -0.25) is 14.6 Å². The topological polar surface area (TPSA) is 130 Å². The van der Waals surface area contributed by atoms with Crippen LogP contribution < -0.4 is 16.6 Å². The second kappa shape index (κ2) is 6.36. The van der Waals surface area contributed by atoms with Crippen molar-refractivity contribution in [3.63, 3.8) is 0 Å². The summed E-state index contributed by atoms with van der Waals surface area (Å²) in [5.74, 6) is -0.00232. The van der Waals surface area contributed by atoms with E-state index in [0.29, 0.717) is 5.16 Å². The third kappa shape index (κ3) is 3.40. The van der Waals surface area contributed by atoms with E-state index in [1.807, 2.05) is 32.0 Å². The van der Waals surface area contributed by atoms with Crippen molar-refractivity contribution in [2.24, 2.45) is 0 Å². The van der Waals surface area contributed by atoms with Crippen molar-refractivity contribution in [2.45, 2.75) is 19.0 Å². The van der Waals surface area contributed by atoms with Crippen molar-refractivity contribution in [3.8, 4) is 0 Å². The van der Waals surface area contributed by atoms with Gasteiger partial charge >= 0.3 is 0 Å². The smallest absolute Gasteiger partial charge is 0.278 e. The summed E-state index contributed by atoms with van der Waals surface area (Å²) in [6.45, 7) is 3.94. The zero-order valence-electron chi connectivity index (χ0n) is 13.1. The summed E-state index contributed by atoms with van der Waals surface area (Å²) in [7, 11) is 0. The first-order valence-electron chi connectivity index (χ1n) is 7.18. The maximum absolute atomic E-state index is 12.1. The van der Waals surface area contributed by atoms with E-state index >= 15 is 0 Å². The van der Waals surface area contributed by atoms with Gasteiger partial charge in [0.05, 0.1) is 5.75 Å². The molecular formula is C15H16N6O2S. The second-order valence-corrected chi connectivity index (χ2v) is 6.31. The first-order valence-corrected chi connectivity index (χ1v) is 8.16. The number of anilines is 2. The summed E-state index contributed by atoms with van der Waals surface area (Å²) in [4.78, 5) is 37.1. The third-order valence-corrected chi connectivity index (χ3v) is 4.23. The Labute approximate surface area is 141 Å². The van der Waals surface area contributed by atoms with Gasteiger partial charge in [0.1, 0.15) is 0 Å². The van der Waals surface area contributed by atoms with E-state index in [9.17, 15) is 9.59 Å². The number of aryl methyl sites for hydroxylation is 2. The maximum Gasteiger partial charge on any atom is 0.278 e. The lowest BCUT2D eigenvalue weighted by Gasteiger charge is -2.08. The Morgan fingerprint density at radius 1 is 1.29 bits per heavy atom. The van der Waals surface area contributed by atoms with Crippen LogP contribution in [0.3, 0.4) is 0 Å². The van der Waals surface area contributed by atoms with Gasteiger partial charge in [-0.1, -0.05) is 29.5 Å². The van der Waals surface area contributed by atoms with Crippen LogP contribution in [0.25, 0.3) is 11.2 Å². The molecule has 24 heavy (non-hydrogen) atoms. The number of hydrogen-bond acceptors (Lipinski definition) is 6. The molecule has 0 aliphatic heterocycles. The van der Waals surface area contributed by atoms with Crippen molar-refractivity contribution in [3.05, 3.63) is 39.7 Å². The van der Waals surface area contributed by atoms with Crippen molar-refractivity contribution >= 4 is 40.5 Å². The van der Waals surface area contributed by atoms with E-state index in [2.05, 4.69) is 25.3 Å². The van der Waals surface area contributed by atoms with E-state index in [1.165, 1.54) is 11.8 Å². The Morgan fingerprint density at radius 3 is 2.83 bits per heavy atom. The number of hydrogen-bond donors (Lipinski definition) is 4. The van der Waals surface area contributed by atoms with Crippen LogP contribution in [0.15, 0.2) is 28.2 Å². The number of aromatic nitrogens is 4. The Balaban J connectivity index is 1.68. The molecule has 0 atom stereocenters. The third-order valence-electron chi connectivity index (χ3n) is 3.35. The average molecular weight is 344 g/mol. The molecule has 0 fully saturated rings. The van der Waals surface area contributed by atoms with E-state index in [0.717, 1.165) is 16.8 Å². The van der Waals surface area contributed by atoms with E-state index in [-0.39, 0.29) is 28.8 Å². The number of nitrogens with two attached hydrogens (primary N) is 1. The van der Waals surface area contributed by atoms with Gasteiger partial charge in [-0.15, -0.1) is 0 Å². The minimum atomic E-state index is -0.392. The highest BCUT2D eigenvalue weighted by atomic mass is 32.2. The fourth-order valence-electron chi connectivity index (χ4n) is 2.25. The normalized spacial score (nSPS) is 10.9. The molecule has 0 bridgehead atoms. The standard InChI is InChI=1S/C15H16N6O2S/c1-7-3-4-9(8(2)5-7)17-10(22)6-24-15-18-11-12(20-15)19-14(16)21-13(11)23/h3-5H,6H2,1-2H3,(H,17,22)(H4,16,18,19,20,21,23). The van der Waals surface area contributed by atoms with Crippen LogP contribution >= 0.6 is 11.8 Å². The van der Waals surface area contributed by atoms with Crippen LogP contribution in [0, 0.1) is 13.8 Å². The predicted molar refractivity (Wildman–Crippen MR) is 94.2 cm³/mol. The van der Waals surface area contributed by atoms with E-state index in [1.54, 1.807) is 0 Å². The van der Waals surface area contributed by atoms with Crippen LogP contribution in [0.1, 0.15) is 11.1 Å². The largest absolute Gasteiger partial charge is 0.369 e. The SMILES string of the molecule is Cc1ccc(NC(=O)CSc2nc3nc(N)[nH]c(=O)c3[nH]2)c(C)c1. The van der Waals surface area contributed by atoms with Crippen molar-refractivity contribution in [2.75, 3.05) is 16.8 Å². The molecule has 0 aliphatic rings. The number of fused-ring (bicyclic) bond motifs is 1. The highest BCUT2D eigenvalue weighted by molar-refractivity contribution is 7.99. The molecule has 3 rings (SSSR count). The summed E-state index contributed by atoms with van der Waals surface area (Å²) in [6, 6.07) is 5.82. The summed E-state index contributed by atoms with van der Waals surface area (Å²) in [5.41, 5.74) is 8.47. The van der Waals surface area contributed by atoms with Crippen LogP contribution in [0.5, 0.6) is 0 Å². The van der Waals surface area contributed by atoms with Gasteiger partial charge in [0.15, 0.2) is 16.3 Å². The van der Waals surface area contributed by atoms with Crippen LogP contribution in [-0.4, -0.2) is 31.6 Å². The summed E-state index contributed by atoms with van der Waals surface area (Å²) >= 11 is 1.18. The van der Waals surface area contributed by atoms with E-state index in [4.69, 9.17) is 5.73 Å². The van der Waals surface area contributed by atoms with Gasteiger partial charge in [0.25, 0.3) is 5.56 Å². The average Bonchev–Trinajstić information content (AvgIpc) is 2.91. The highest BCUT2D eigenvalue weighted by Crippen LogP contribution is 2.19. The lowest BCUT2D eigenvalue weighted by Crippen LogP contribution is -2.15. The monoisotopic (exact) mass is 344 g/mol. The number of benzene rings is 1. The first kappa shape index (κ1) is 16.1. The van der Waals surface area contributed by atoms with Crippen LogP contribution in [0.2, 0.25) is 0 Å². The van der Waals surface area contributed by atoms with Gasteiger partial charge in [-0.2, -0.15) is 4.98 Å². The number of aromatic amines is 2. The van der Waals surface area contributed by atoms with Gasteiger partial charge in [0, 0.05) is 5.69 Å². The molecule has 3 aromatic rings. The molecule has 124 valence electrons. The van der Waals surface area contributed by atoms with Gasteiger partial charge < -0.3 is 16.0 Å². The molecule has 5 N–H and O–H groups in total. The van der Waals surface area contributed by atoms with Crippen molar-refractivity contribution in [1.82, 2.24) is 19.9 Å². The molecular weight excluding hydrogens is 328 g/mol. The molecule has 0 unspecified atom stereocenters. The number of H-pyrrole nitrogens is 2. The zero-order valence-corrected chi connectivity index (χ0v) is 14.0. The maximum atomic E-state index is 12.1. The number of nitrogen functional groups attached to an aromatic ring is 1. The van der Waals surface area contributed by atoms with Gasteiger partial charge in [-0.05, 0) is 25.5 Å². The molecule has 2 aromatic heterocycles. The molecule has 0 radical (unpaired) electrons. The first-order chi connectivity index (χ1) is 11.4. The number of thioether (sulfide) groups is 1. The zero-order chi connectivity index (χ0) is 17.3. The Bertz CT molecular complexity index is 978. The number of nitrogens with one attached hydrogen (secondary N) is 3. The molecule has 0 saturated heterocycles. The fraction of sp³-hybridized carbons (Fsp3) is 0.200. The number of nitrogens with zero attached hydrogens (tertiary/aromatic N) is 2. The summed E-state index contributed by atoms with van der Waals surface area (Å²) < 4.78 is 0. The number of carbonyl (C=O) groups excluding carboxylic acids is 1.